The van der Waals surface area contributed by atoms with Gasteiger partial charge in [0.1, 0.15) is 9.84 Å². The zero-order chi connectivity index (χ0) is 12.2. The van der Waals surface area contributed by atoms with Crippen molar-refractivity contribution in [2.75, 3.05) is 11.5 Å². The molecule has 0 atom stereocenters. The molecule has 90 valence electrons. The Hall–Kier alpha value is -0.390. The third-order valence-corrected chi connectivity index (χ3v) is 5.21. The van der Waals surface area contributed by atoms with Crippen LogP contribution in [0, 0.1) is 0 Å². The van der Waals surface area contributed by atoms with E-state index in [0.29, 0.717) is 15.6 Å². The van der Waals surface area contributed by atoms with Crippen LogP contribution in [-0.4, -0.2) is 25.7 Å². The van der Waals surface area contributed by atoms with E-state index in [-0.39, 0.29) is 23.7 Å². The van der Waals surface area contributed by atoms with E-state index in [0.717, 1.165) is 0 Å². The fourth-order valence-electron chi connectivity index (χ4n) is 1.18. The molecule has 0 bridgehead atoms. The topological polar surface area (TPSA) is 51.2 Å². The van der Waals surface area contributed by atoms with E-state index in [1.165, 1.54) is 11.3 Å². The summed E-state index contributed by atoms with van der Waals surface area (Å²) in [4.78, 5) is 12.2. The third kappa shape index (κ3) is 4.23. The molecule has 6 heteroatoms. The lowest BCUT2D eigenvalue weighted by atomic mass is 10.2. The van der Waals surface area contributed by atoms with E-state index in [2.05, 4.69) is 0 Å². The molecule has 1 aromatic rings. The van der Waals surface area contributed by atoms with Gasteiger partial charge >= 0.3 is 0 Å². The summed E-state index contributed by atoms with van der Waals surface area (Å²) < 4.78 is 23.0. The standard InChI is InChI=1S/C10H13ClO3S2/c1-2-16(13,14)7-3-4-8(12)9-5-6-10(11)15-9/h5-6H,2-4,7H2,1H3. The number of Topliss-reactive ketones (excluding diaryl/α,β-unsaturated/α-hetero) is 1. The van der Waals surface area contributed by atoms with Gasteiger partial charge in [-0.15, -0.1) is 11.3 Å². The van der Waals surface area contributed by atoms with E-state index >= 15 is 0 Å². The van der Waals surface area contributed by atoms with Crippen LogP contribution in [0.15, 0.2) is 12.1 Å². The maximum Gasteiger partial charge on any atom is 0.172 e. The summed E-state index contributed by atoms with van der Waals surface area (Å²) in [5.41, 5.74) is 0. The highest BCUT2D eigenvalue weighted by atomic mass is 35.5. The van der Waals surface area contributed by atoms with E-state index in [4.69, 9.17) is 11.6 Å². The van der Waals surface area contributed by atoms with Gasteiger partial charge in [-0.25, -0.2) is 8.42 Å². The number of halogens is 1. The van der Waals surface area contributed by atoms with Crippen molar-refractivity contribution in [1.82, 2.24) is 0 Å². The SMILES string of the molecule is CCS(=O)(=O)CCCC(=O)c1ccc(Cl)s1. The number of rotatable bonds is 6. The molecule has 0 unspecified atom stereocenters. The second-order valence-electron chi connectivity index (χ2n) is 3.37. The van der Waals surface area contributed by atoms with Crippen molar-refractivity contribution in [3.05, 3.63) is 21.3 Å². The first-order valence-corrected chi connectivity index (χ1v) is 7.95. The van der Waals surface area contributed by atoms with Gasteiger partial charge in [-0.2, -0.15) is 0 Å². The number of hydrogen-bond acceptors (Lipinski definition) is 4. The third-order valence-electron chi connectivity index (χ3n) is 2.15. The molecule has 0 saturated heterocycles. The van der Waals surface area contributed by atoms with Crippen LogP contribution in [0.4, 0.5) is 0 Å². The van der Waals surface area contributed by atoms with Gasteiger partial charge in [-0.1, -0.05) is 18.5 Å². The molecule has 0 fully saturated rings. The van der Waals surface area contributed by atoms with Crippen LogP contribution in [-0.2, 0) is 9.84 Å². The minimum atomic E-state index is -2.97. The van der Waals surface area contributed by atoms with Crippen LogP contribution >= 0.6 is 22.9 Å². The summed E-state index contributed by atoms with van der Waals surface area (Å²) in [6.45, 7) is 1.61. The summed E-state index contributed by atoms with van der Waals surface area (Å²) >= 11 is 6.93. The van der Waals surface area contributed by atoms with Crippen LogP contribution in [0.25, 0.3) is 0 Å². The lowest BCUT2D eigenvalue weighted by Gasteiger charge is -1.99. The molecular weight excluding hydrogens is 268 g/mol. The monoisotopic (exact) mass is 280 g/mol. The second-order valence-corrected chi connectivity index (χ2v) is 7.55. The van der Waals surface area contributed by atoms with Gasteiger partial charge in [0.05, 0.1) is 15.0 Å². The minimum Gasteiger partial charge on any atom is -0.293 e. The number of hydrogen-bond donors (Lipinski definition) is 0. The summed E-state index contributed by atoms with van der Waals surface area (Å²) in [5.74, 6) is 0.170. The van der Waals surface area contributed by atoms with Crippen molar-refractivity contribution in [3.63, 3.8) is 0 Å². The second kappa shape index (κ2) is 5.80. The molecule has 0 aliphatic rings. The Bertz CT molecular complexity index is 462. The summed E-state index contributed by atoms with van der Waals surface area (Å²) in [6.07, 6.45) is 0.639. The number of ketones is 1. The van der Waals surface area contributed by atoms with Gasteiger partial charge in [0.25, 0.3) is 0 Å². The molecule has 1 rings (SSSR count). The average molecular weight is 281 g/mol. The Balaban J connectivity index is 2.43. The predicted octanol–water partition coefficient (Wildman–Crippen LogP) is 2.80. The molecule has 3 nitrogen and oxygen atoms in total. The summed E-state index contributed by atoms with van der Waals surface area (Å²) in [5, 5.41) is 0. The first-order chi connectivity index (χ1) is 7.44. The Kier molecular flexibility index (Phi) is 4.95. The van der Waals surface area contributed by atoms with E-state index in [9.17, 15) is 13.2 Å². The largest absolute Gasteiger partial charge is 0.293 e. The Morgan fingerprint density at radius 2 is 2.12 bits per heavy atom. The highest BCUT2D eigenvalue weighted by Gasteiger charge is 2.12. The fourth-order valence-corrected chi connectivity index (χ4v) is 3.07. The highest BCUT2D eigenvalue weighted by Crippen LogP contribution is 2.22. The quantitative estimate of drug-likeness (QED) is 0.753. The Morgan fingerprint density at radius 1 is 1.44 bits per heavy atom. The molecule has 0 N–H and O–H groups in total. The van der Waals surface area contributed by atoms with E-state index in [1.54, 1.807) is 19.1 Å². The molecule has 1 aromatic heterocycles. The van der Waals surface area contributed by atoms with Crippen molar-refractivity contribution in [3.8, 4) is 0 Å². The molecule has 16 heavy (non-hydrogen) atoms. The zero-order valence-electron chi connectivity index (χ0n) is 8.90. The first kappa shape index (κ1) is 13.7. The zero-order valence-corrected chi connectivity index (χ0v) is 11.3. The number of thiophene rings is 1. The van der Waals surface area contributed by atoms with E-state index in [1.807, 2.05) is 0 Å². The molecule has 0 spiro atoms. The Morgan fingerprint density at radius 3 is 2.62 bits per heavy atom. The molecular formula is C10H13ClO3S2. The van der Waals surface area contributed by atoms with Crippen molar-refractivity contribution >= 4 is 38.6 Å². The van der Waals surface area contributed by atoms with E-state index < -0.39 is 9.84 Å². The molecule has 1 heterocycles. The van der Waals surface area contributed by atoms with Gasteiger partial charge in [0, 0.05) is 12.2 Å². The smallest absolute Gasteiger partial charge is 0.172 e. The number of carbonyl (C=O) groups excluding carboxylic acids is 1. The molecule has 0 radical (unpaired) electrons. The van der Waals surface area contributed by atoms with Crippen LogP contribution in [0.3, 0.4) is 0 Å². The molecule has 0 aliphatic carbocycles. The summed E-state index contributed by atoms with van der Waals surface area (Å²) in [6, 6.07) is 3.34. The van der Waals surface area contributed by atoms with Crippen LogP contribution < -0.4 is 0 Å². The summed E-state index contributed by atoms with van der Waals surface area (Å²) in [7, 11) is -2.97. The molecule has 0 aromatic carbocycles. The van der Waals surface area contributed by atoms with Crippen molar-refractivity contribution in [2.45, 2.75) is 19.8 Å². The normalized spacial score (nSPS) is 11.6. The molecule has 0 saturated carbocycles. The van der Waals surface area contributed by atoms with Gasteiger partial charge in [-0.05, 0) is 18.6 Å². The molecule has 0 amide bonds. The fraction of sp³-hybridized carbons (Fsp3) is 0.500. The lowest BCUT2D eigenvalue weighted by molar-refractivity contribution is 0.0986. The average Bonchev–Trinajstić information content (AvgIpc) is 2.64. The minimum absolute atomic E-state index is 0.0387. The van der Waals surface area contributed by atoms with Gasteiger partial charge in [0.15, 0.2) is 5.78 Å². The maximum atomic E-state index is 11.6. The van der Waals surface area contributed by atoms with Crippen LogP contribution in [0.2, 0.25) is 4.34 Å². The van der Waals surface area contributed by atoms with Crippen LogP contribution in [0.1, 0.15) is 29.4 Å². The van der Waals surface area contributed by atoms with Crippen molar-refractivity contribution in [1.29, 1.82) is 0 Å². The van der Waals surface area contributed by atoms with Gasteiger partial charge in [-0.3, -0.25) is 4.79 Å². The number of carbonyl (C=O) groups is 1. The molecule has 0 aliphatic heterocycles. The highest BCUT2D eigenvalue weighted by molar-refractivity contribution is 7.91. The first-order valence-electron chi connectivity index (χ1n) is 4.93. The van der Waals surface area contributed by atoms with Crippen molar-refractivity contribution < 1.29 is 13.2 Å². The predicted molar refractivity (Wildman–Crippen MR) is 67.2 cm³/mol. The van der Waals surface area contributed by atoms with Gasteiger partial charge in [0.2, 0.25) is 0 Å². The van der Waals surface area contributed by atoms with Gasteiger partial charge < -0.3 is 0 Å². The Labute approximate surface area is 104 Å². The van der Waals surface area contributed by atoms with Crippen molar-refractivity contribution in [2.24, 2.45) is 0 Å². The van der Waals surface area contributed by atoms with Crippen LogP contribution in [0.5, 0.6) is 0 Å². The number of sulfone groups is 1. The lowest BCUT2D eigenvalue weighted by Crippen LogP contribution is -2.10. The maximum absolute atomic E-state index is 11.6.